The topological polar surface area (TPSA) is 29.5 Å². The predicted octanol–water partition coefficient (Wildman–Crippen LogP) is 1.40. The number of ether oxygens (including phenoxy) is 1. The largest absolute Gasteiger partial charge is 0.345 e. The maximum absolute atomic E-state index is 11.8. The normalized spacial score (nSPS) is 21.6. The lowest BCUT2D eigenvalue weighted by atomic mass is 10.2. The molecule has 0 aromatic carbocycles. The first-order valence-corrected chi connectivity index (χ1v) is 4.48. The van der Waals surface area contributed by atoms with E-state index in [-0.39, 0.29) is 18.6 Å². The van der Waals surface area contributed by atoms with Crippen molar-refractivity contribution in [2.75, 3.05) is 13.2 Å². The number of hydrogen-bond donors (Lipinski definition) is 0. The van der Waals surface area contributed by atoms with Gasteiger partial charge in [0, 0.05) is 6.54 Å². The van der Waals surface area contributed by atoms with Gasteiger partial charge in [0.2, 0.25) is 5.91 Å². The summed E-state index contributed by atoms with van der Waals surface area (Å²) in [5.74, 6) is -0.217. The lowest BCUT2D eigenvalue weighted by Crippen LogP contribution is -2.37. The minimum atomic E-state index is -2.77. The van der Waals surface area contributed by atoms with Crippen molar-refractivity contribution in [1.82, 2.24) is 4.90 Å². The smallest absolute Gasteiger partial charge is 0.334 e. The number of carbonyl (C=O) groups excluding carboxylic acids is 1. The lowest BCUT2D eigenvalue weighted by molar-refractivity contribution is -0.146. The van der Waals surface area contributed by atoms with Crippen LogP contribution in [-0.2, 0) is 9.53 Å². The Bertz CT molecular complexity index is 221. The molecule has 0 aromatic rings. The van der Waals surface area contributed by atoms with E-state index in [0.717, 1.165) is 6.42 Å². The Morgan fingerprint density at radius 2 is 2.43 bits per heavy atom. The average Bonchev–Trinajstić information content (AvgIpc) is 2.61. The van der Waals surface area contributed by atoms with Crippen LogP contribution in [0.2, 0.25) is 0 Å². The average molecular weight is 205 g/mol. The highest BCUT2D eigenvalue weighted by Gasteiger charge is 2.27. The standard InChI is InChI=1S/C9H13F2NO2/c1-2-8(13)12-5-3-4-7(12)6-14-9(10)11/h2,7,9H,1,3-6H2/t7-/m1/s1. The predicted molar refractivity (Wildman–Crippen MR) is 46.9 cm³/mol. The van der Waals surface area contributed by atoms with Gasteiger partial charge in [-0.2, -0.15) is 8.78 Å². The highest BCUT2D eigenvalue weighted by molar-refractivity contribution is 5.87. The van der Waals surface area contributed by atoms with Crippen molar-refractivity contribution >= 4 is 5.91 Å². The molecule has 14 heavy (non-hydrogen) atoms. The summed E-state index contributed by atoms with van der Waals surface area (Å²) in [6, 6.07) is -0.227. The number of amides is 1. The third-order valence-corrected chi connectivity index (χ3v) is 2.25. The number of hydrogen-bond acceptors (Lipinski definition) is 2. The molecule has 1 atom stereocenters. The molecule has 0 unspecified atom stereocenters. The summed E-state index contributed by atoms with van der Waals surface area (Å²) in [5.41, 5.74) is 0. The van der Waals surface area contributed by atoms with Crippen LogP contribution in [0.15, 0.2) is 12.7 Å². The van der Waals surface area contributed by atoms with Gasteiger partial charge < -0.3 is 9.64 Å². The molecule has 80 valence electrons. The van der Waals surface area contributed by atoms with Gasteiger partial charge in [-0.25, -0.2) is 0 Å². The molecule has 0 bridgehead atoms. The Balaban J connectivity index is 2.43. The van der Waals surface area contributed by atoms with E-state index in [4.69, 9.17) is 0 Å². The van der Waals surface area contributed by atoms with Crippen molar-refractivity contribution in [2.24, 2.45) is 0 Å². The number of halogens is 2. The first-order chi connectivity index (χ1) is 6.65. The minimum Gasteiger partial charge on any atom is -0.334 e. The van der Waals surface area contributed by atoms with Gasteiger partial charge in [0.15, 0.2) is 0 Å². The van der Waals surface area contributed by atoms with E-state index < -0.39 is 6.61 Å². The zero-order valence-corrected chi connectivity index (χ0v) is 7.79. The summed E-state index contributed by atoms with van der Waals surface area (Å²) in [6.45, 7) is 1.09. The maximum atomic E-state index is 11.8. The third kappa shape index (κ3) is 2.77. The number of carbonyl (C=O) groups is 1. The monoisotopic (exact) mass is 205 g/mol. The molecule has 0 radical (unpaired) electrons. The third-order valence-electron chi connectivity index (χ3n) is 2.25. The van der Waals surface area contributed by atoms with Crippen LogP contribution in [-0.4, -0.2) is 36.6 Å². The number of alkyl halides is 2. The summed E-state index contributed by atoms with van der Waals surface area (Å²) in [5, 5.41) is 0. The van der Waals surface area contributed by atoms with Gasteiger partial charge in [0.05, 0.1) is 12.6 Å². The van der Waals surface area contributed by atoms with E-state index in [2.05, 4.69) is 11.3 Å². The van der Waals surface area contributed by atoms with Gasteiger partial charge >= 0.3 is 6.61 Å². The van der Waals surface area contributed by atoms with Crippen molar-refractivity contribution in [3.05, 3.63) is 12.7 Å². The molecule has 5 heteroatoms. The molecule has 1 aliphatic heterocycles. The summed E-state index contributed by atoms with van der Waals surface area (Å²) in [6.07, 6.45) is 2.74. The van der Waals surface area contributed by atoms with E-state index >= 15 is 0 Å². The Labute approximate surface area is 81.3 Å². The quantitative estimate of drug-likeness (QED) is 0.649. The molecule has 1 rings (SSSR count). The van der Waals surface area contributed by atoms with E-state index in [0.29, 0.717) is 13.0 Å². The molecule has 1 saturated heterocycles. The highest BCUT2D eigenvalue weighted by atomic mass is 19.3. The molecular weight excluding hydrogens is 192 g/mol. The Morgan fingerprint density at radius 1 is 1.71 bits per heavy atom. The summed E-state index contributed by atoms with van der Waals surface area (Å²) < 4.78 is 27.7. The van der Waals surface area contributed by atoms with Gasteiger partial charge in [-0.15, -0.1) is 0 Å². The zero-order valence-electron chi connectivity index (χ0n) is 7.79. The van der Waals surface area contributed by atoms with Crippen molar-refractivity contribution in [2.45, 2.75) is 25.5 Å². The van der Waals surface area contributed by atoms with Crippen molar-refractivity contribution < 1.29 is 18.3 Å². The molecule has 3 nitrogen and oxygen atoms in total. The van der Waals surface area contributed by atoms with E-state index in [1.54, 1.807) is 0 Å². The highest BCUT2D eigenvalue weighted by Crippen LogP contribution is 2.18. The van der Waals surface area contributed by atoms with Crippen molar-refractivity contribution in [1.29, 1.82) is 0 Å². The van der Waals surface area contributed by atoms with E-state index in [9.17, 15) is 13.6 Å². The van der Waals surface area contributed by atoms with Crippen LogP contribution in [0, 0.1) is 0 Å². The molecule has 0 N–H and O–H groups in total. The van der Waals surface area contributed by atoms with Gasteiger partial charge in [-0.05, 0) is 18.9 Å². The fourth-order valence-corrected chi connectivity index (χ4v) is 1.60. The lowest BCUT2D eigenvalue weighted by Gasteiger charge is -2.22. The fraction of sp³-hybridized carbons (Fsp3) is 0.667. The molecular formula is C9H13F2NO2. The summed E-state index contributed by atoms with van der Waals surface area (Å²) in [7, 11) is 0. The van der Waals surface area contributed by atoms with Gasteiger partial charge in [0.25, 0.3) is 0 Å². The second-order valence-corrected chi connectivity index (χ2v) is 3.13. The van der Waals surface area contributed by atoms with Crippen molar-refractivity contribution in [3.63, 3.8) is 0 Å². The summed E-state index contributed by atoms with van der Waals surface area (Å²) in [4.78, 5) is 12.8. The molecule has 1 heterocycles. The van der Waals surface area contributed by atoms with Crippen LogP contribution in [0.4, 0.5) is 8.78 Å². The number of rotatable bonds is 4. The summed E-state index contributed by atoms with van der Waals surface area (Å²) >= 11 is 0. The zero-order chi connectivity index (χ0) is 10.6. The van der Waals surface area contributed by atoms with Crippen LogP contribution in [0.5, 0.6) is 0 Å². The molecule has 1 aliphatic rings. The molecule has 0 aliphatic carbocycles. The van der Waals surface area contributed by atoms with Crippen LogP contribution in [0.25, 0.3) is 0 Å². The number of nitrogens with zero attached hydrogens (tertiary/aromatic N) is 1. The second kappa shape index (κ2) is 5.05. The van der Waals surface area contributed by atoms with Crippen LogP contribution < -0.4 is 0 Å². The second-order valence-electron chi connectivity index (χ2n) is 3.13. The molecule has 1 fully saturated rings. The van der Waals surface area contributed by atoms with Gasteiger partial charge in [-0.1, -0.05) is 6.58 Å². The molecule has 1 amide bonds. The number of likely N-dealkylation sites (tertiary alicyclic amines) is 1. The molecule has 0 spiro atoms. The van der Waals surface area contributed by atoms with Crippen molar-refractivity contribution in [3.8, 4) is 0 Å². The van der Waals surface area contributed by atoms with Crippen LogP contribution >= 0.6 is 0 Å². The Hall–Kier alpha value is -0.970. The molecule has 0 aromatic heterocycles. The first kappa shape index (κ1) is 11.1. The van der Waals surface area contributed by atoms with E-state index in [1.165, 1.54) is 11.0 Å². The fourth-order valence-electron chi connectivity index (χ4n) is 1.60. The van der Waals surface area contributed by atoms with Gasteiger partial charge in [0.1, 0.15) is 0 Å². The Morgan fingerprint density at radius 3 is 3.00 bits per heavy atom. The van der Waals surface area contributed by atoms with E-state index in [1.807, 2.05) is 0 Å². The molecule has 0 saturated carbocycles. The van der Waals surface area contributed by atoms with Gasteiger partial charge in [-0.3, -0.25) is 4.79 Å². The van der Waals surface area contributed by atoms with Crippen LogP contribution in [0.1, 0.15) is 12.8 Å². The Kier molecular flexibility index (Phi) is 4.00. The van der Waals surface area contributed by atoms with Crippen LogP contribution in [0.3, 0.4) is 0 Å². The first-order valence-electron chi connectivity index (χ1n) is 4.48. The maximum Gasteiger partial charge on any atom is 0.345 e. The minimum absolute atomic E-state index is 0.1000. The SMILES string of the molecule is C=CC(=O)N1CCC[C@@H]1COC(F)F.